The van der Waals surface area contributed by atoms with Crippen molar-refractivity contribution in [2.45, 2.75) is 51.6 Å². The molecule has 2 aromatic carbocycles. The van der Waals surface area contributed by atoms with E-state index in [1.807, 2.05) is 18.2 Å². The number of para-hydroxylation sites is 1. The number of phenols is 1. The third-order valence-corrected chi connectivity index (χ3v) is 7.46. The van der Waals surface area contributed by atoms with Crippen LogP contribution in [0.1, 0.15) is 46.7 Å². The zero-order valence-electron chi connectivity index (χ0n) is 21.4. The molecule has 0 amide bonds. The van der Waals surface area contributed by atoms with E-state index in [1.165, 1.54) is 13.2 Å². The maximum absolute atomic E-state index is 13.9. The standard InChI is InChI=1S/C30H30N2O6/c1-18-15-25(34)27(30(37)31(18)14-12-19-8-10-22(33)11-9-19)23(17-26(35)38-2)24-16-21-6-3-5-20-7-4-13-32(28(20)21)29(24)36/h3,5-6,8-11,15-16,23,33-34H,4,7,12-14,17H2,1-2H3. The minimum Gasteiger partial charge on any atom is -0.508 e. The topological polar surface area (TPSA) is 111 Å². The van der Waals surface area contributed by atoms with E-state index >= 15 is 0 Å². The van der Waals surface area contributed by atoms with Gasteiger partial charge in [0.15, 0.2) is 0 Å². The van der Waals surface area contributed by atoms with E-state index in [0.717, 1.165) is 34.9 Å². The highest BCUT2D eigenvalue weighted by molar-refractivity contribution is 5.84. The van der Waals surface area contributed by atoms with E-state index in [-0.39, 0.29) is 34.6 Å². The van der Waals surface area contributed by atoms with E-state index < -0.39 is 17.4 Å². The molecule has 1 unspecified atom stereocenters. The number of aryl methyl sites for hydroxylation is 4. The van der Waals surface area contributed by atoms with Crippen molar-refractivity contribution in [2.75, 3.05) is 7.11 Å². The molecular formula is C30H30N2O6. The summed E-state index contributed by atoms with van der Waals surface area (Å²) in [6.07, 6.45) is 1.95. The number of ether oxygens (including phenoxy) is 1. The number of phenolic OH excluding ortho intramolecular Hbond substituents is 1. The van der Waals surface area contributed by atoms with Crippen LogP contribution in [0.4, 0.5) is 0 Å². The fourth-order valence-electron chi connectivity index (χ4n) is 5.53. The first kappa shape index (κ1) is 25.3. The maximum Gasteiger partial charge on any atom is 0.306 e. The summed E-state index contributed by atoms with van der Waals surface area (Å²) in [5.74, 6) is -1.67. The summed E-state index contributed by atoms with van der Waals surface area (Å²) in [5, 5.41) is 21.4. The summed E-state index contributed by atoms with van der Waals surface area (Å²) >= 11 is 0. The van der Waals surface area contributed by atoms with Crippen LogP contribution in [0.5, 0.6) is 11.5 Å². The molecule has 3 heterocycles. The Morgan fingerprint density at radius 3 is 2.55 bits per heavy atom. The molecule has 4 aromatic rings. The second-order valence-corrected chi connectivity index (χ2v) is 9.81. The molecule has 1 aliphatic heterocycles. The van der Waals surface area contributed by atoms with Crippen LogP contribution < -0.4 is 11.1 Å². The normalized spacial score (nSPS) is 13.4. The van der Waals surface area contributed by atoms with E-state index in [9.17, 15) is 24.6 Å². The number of aromatic hydroxyl groups is 2. The van der Waals surface area contributed by atoms with Gasteiger partial charge in [-0.2, -0.15) is 0 Å². The predicted molar refractivity (Wildman–Crippen MR) is 144 cm³/mol. The Bertz CT molecular complexity index is 1650. The molecule has 0 spiro atoms. The van der Waals surface area contributed by atoms with Crippen LogP contribution >= 0.6 is 0 Å². The maximum atomic E-state index is 13.9. The molecule has 8 nitrogen and oxygen atoms in total. The highest BCUT2D eigenvalue weighted by Gasteiger charge is 2.30. The lowest BCUT2D eigenvalue weighted by atomic mass is 9.87. The van der Waals surface area contributed by atoms with Crippen LogP contribution in [-0.4, -0.2) is 32.4 Å². The molecule has 38 heavy (non-hydrogen) atoms. The zero-order chi connectivity index (χ0) is 27.0. The monoisotopic (exact) mass is 514 g/mol. The van der Waals surface area contributed by atoms with Crippen molar-refractivity contribution in [3.63, 3.8) is 0 Å². The van der Waals surface area contributed by atoms with Gasteiger partial charge in [-0.3, -0.25) is 14.4 Å². The molecule has 196 valence electrons. The smallest absolute Gasteiger partial charge is 0.306 e. The largest absolute Gasteiger partial charge is 0.508 e. The van der Waals surface area contributed by atoms with Gasteiger partial charge in [0, 0.05) is 30.3 Å². The Balaban J connectivity index is 1.66. The number of nitrogens with zero attached hydrogens (tertiary/aromatic N) is 2. The number of aromatic nitrogens is 2. The summed E-state index contributed by atoms with van der Waals surface area (Å²) < 4.78 is 8.20. The zero-order valence-corrected chi connectivity index (χ0v) is 21.4. The highest BCUT2D eigenvalue weighted by atomic mass is 16.5. The first-order valence-corrected chi connectivity index (χ1v) is 12.7. The molecule has 1 aliphatic rings. The number of hydrogen-bond acceptors (Lipinski definition) is 6. The average Bonchev–Trinajstić information content (AvgIpc) is 2.90. The molecule has 0 saturated heterocycles. The molecule has 5 rings (SSSR count). The van der Waals surface area contributed by atoms with Gasteiger partial charge in [-0.05, 0) is 67.0 Å². The van der Waals surface area contributed by atoms with Crippen LogP contribution in [0.2, 0.25) is 0 Å². The summed E-state index contributed by atoms with van der Waals surface area (Å²) in [6, 6.07) is 15.9. The first-order chi connectivity index (χ1) is 18.3. The molecule has 2 aromatic heterocycles. The predicted octanol–water partition coefficient (Wildman–Crippen LogP) is 3.77. The van der Waals surface area contributed by atoms with Gasteiger partial charge in [-0.1, -0.05) is 30.3 Å². The summed E-state index contributed by atoms with van der Waals surface area (Å²) in [6.45, 7) is 2.59. The van der Waals surface area contributed by atoms with Crippen LogP contribution in [0.25, 0.3) is 10.9 Å². The molecule has 0 bridgehead atoms. The number of pyridine rings is 2. The van der Waals surface area contributed by atoms with Crippen molar-refractivity contribution in [1.82, 2.24) is 9.13 Å². The fraction of sp³-hybridized carbons (Fsp3) is 0.300. The Kier molecular flexibility index (Phi) is 6.80. The Hall–Kier alpha value is -4.33. The van der Waals surface area contributed by atoms with Gasteiger partial charge < -0.3 is 24.1 Å². The lowest BCUT2D eigenvalue weighted by Gasteiger charge is -2.24. The van der Waals surface area contributed by atoms with E-state index in [1.54, 1.807) is 46.4 Å². The van der Waals surface area contributed by atoms with Crippen molar-refractivity contribution in [3.8, 4) is 11.5 Å². The van der Waals surface area contributed by atoms with Crippen molar-refractivity contribution in [2.24, 2.45) is 0 Å². The highest BCUT2D eigenvalue weighted by Crippen LogP contribution is 2.34. The van der Waals surface area contributed by atoms with Crippen molar-refractivity contribution in [3.05, 3.63) is 103 Å². The molecular weight excluding hydrogens is 484 g/mol. The van der Waals surface area contributed by atoms with Gasteiger partial charge in [-0.25, -0.2) is 0 Å². The van der Waals surface area contributed by atoms with E-state index in [0.29, 0.717) is 25.2 Å². The van der Waals surface area contributed by atoms with Gasteiger partial charge in [0.25, 0.3) is 11.1 Å². The number of rotatable bonds is 7. The number of carbonyl (C=O) groups is 1. The van der Waals surface area contributed by atoms with Gasteiger partial charge in [0.2, 0.25) is 0 Å². The minimum absolute atomic E-state index is 0.00270. The Morgan fingerprint density at radius 1 is 1.05 bits per heavy atom. The van der Waals surface area contributed by atoms with Crippen LogP contribution in [0, 0.1) is 6.92 Å². The number of esters is 1. The molecule has 0 aliphatic carbocycles. The number of hydrogen-bond donors (Lipinski definition) is 2. The van der Waals surface area contributed by atoms with Crippen molar-refractivity contribution < 1.29 is 19.7 Å². The van der Waals surface area contributed by atoms with E-state index in [2.05, 4.69) is 0 Å². The lowest BCUT2D eigenvalue weighted by Crippen LogP contribution is -2.33. The Labute approximate surface area is 219 Å². The Morgan fingerprint density at radius 2 is 1.82 bits per heavy atom. The minimum atomic E-state index is -0.985. The molecule has 0 fully saturated rings. The van der Waals surface area contributed by atoms with Crippen LogP contribution in [0.15, 0.2) is 64.2 Å². The number of carbonyl (C=O) groups excluding carboxylic acids is 1. The van der Waals surface area contributed by atoms with Crippen molar-refractivity contribution in [1.29, 1.82) is 0 Å². The lowest BCUT2D eigenvalue weighted by molar-refractivity contribution is -0.140. The van der Waals surface area contributed by atoms with Crippen LogP contribution in [-0.2, 0) is 35.5 Å². The molecule has 1 atom stereocenters. The fourth-order valence-corrected chi connectivity index (χ4v) is 5.53. The second-order valence-electron chi connectivity index (χ2n) is 9.81. The summed E-state index contributed by atoms with van der Waals surface area (Å²) in [5.41, 5.74) is 3.02. The summed E-state index contributed by atoms with van der Waals surface area (Å²) in [4.78, 5) is 40.2. The molecule has 0 saturated carbocycles. The van der Waals surface area contributed by atoms with Crippen LogP contribution in [0.3, 0.4) is 0 Å². The number of methoxy groups -OCH3 is 1. The SMILES string of the molecule is COC(=O)CC(c1c(O)cc(C)n(CCc2ccc(O)cc2)c1=O)c1cc2cccc3c2n(c1=O)CCC3. The third-order valence-electron chi connectivity index (χ3n) is 7.46. The first-order valence-electron chi connectivity index (χ1n) is 12.7. The van der Waals surface area contributed by atoms with Gasteiger partial charge in [0.05, 0.1) is 24.6 Å². The number of benzene rings is 2. The second kappa shape index (κ2) is 10.2. The van der Waals surface area contributed by atoms with Gasteiger partial charge >= 0.3 is 5.97 Å². The third kappa shape index (κ3) is 4.58. The van der Waals surface area contributed by atoms with Gasteiger partial charge in [0.1, 0.15) is 11.5 Å². The quantitative estimate of drug-likeness (QED) is 0.363. The molecule has 2 N–H and O–H groups in total. The summed E-state index contributed by atoms with van der Waals surface area (Å²) in [7, 11) is 1.26. The van der Waals surface area contributed by atoms with Crippen molar-refractivity contribution >= 4 is 16.9 Å². The average molecular weight is 515 g/mol. The van der Waals surface area contributed by atoms with Gasteiger partial charge in [-0.15, -0.1) is 0 Å². The molecule has 0 radical (unpaired) electrons. The van der Waals surface area contributed by atoms with E-state index in [4.69, 9.17) is 4.74 Å². The molecule has 8 heteroatoms.